The number of aliphatic hydroxyl groups is 1. The molecule has 0 saturated heterocycles. The molecule has 0 radical (unpaired) electrons. The van der Waals surface area contributed by atoms with Crippen LogP contribution in [-0.2, 0) is 0 Å². The Kier molecular flexibility index (Phi) is 5.16. The van der Waals surface area contributed by atoms with Gasteiger partial charge in [0.2, 0.25) is 11.8 Å². The number of benzene rings is 1. The highest BCUT2D eigenvalue weighted by molar-refractivity contribution is 6.30. The minimum atomic E-state index is -1.44. The number of halogens is 1. The molecule has 1 aliphatic carbocycles. The highest BCUT2D eigenvalue weighted by atomic mass is 35.5. The zero-order chi connectivity index (χ0) is 21.3. The zero-order valence-corrected chi connectivity index (χ0v) is 16.7. The van der Waals surface area contributed by atoms with Crippen LogP contribution in [0, 0.1) is 28.6 Å². The molecule has 1 aromatic heterocycles. The third kappa shape index (κ3) is 3.28. The van der Waals surface area contributed by atoms with E-state index >= 15 is 0 Å². The van der Waals surface area contributed by atoms with Gasteiger partial charge in [0.1, 0.15) is 6.07 Å². The molecule has 6 nitrogen and oxygen atoms in total. The molecule has 4 rings (SSSR count). The van der Waals surface area contributed by atoms with Gasteiger partial charge in [-0.1, -0.05) is 29.8 Å². The van der Waals surface area contributed by atoms with E-state index in [-0.39, 0.29) is 22.8 Å². The Morgan fingerprint density at radius 2 is 1.83 bits per heavy atom. The highest BCUT2D eigenvalue weighted by Crippen LogP contribution is 2.52. The molecule has 0 spiro atoms. The van der Waals surface area contributed by atoms with Crippen molar-refractivity contribution in [3.8, 4) is 12.1 Å². The number of nitrogens with zero attached hydrogens (tertiary/aromatic N) is 4. The molecule has 1 fully saturated rings. The molecule has 148 valence electrons. The van der Waals surface area contributed by atoms with Crippen molar-refractivity contribution >= 4 is 17.5 Å². The first-order valence-corrected chi connectivity index (χ1v) is 9.95. The summed E-state index contributed by atoms with van der Waals surface area (Å²) in [6.07, 6.45) is 5.32. The summed E-state index contributed by atoms with van der Waals surface area (Å²) in [4.78, 5) is 0. The van der Waals surface area contributed by atoms with Crippen LogP contribution in [0.3, 0.4) is 0 Å². The fourth-order valence-corrected chi connectivity index (χ4v) is 4.38. The van der Waals surface area contributed by atoms with Gasteiger partial charge in [-0.3, -0.25) is 0 Å². The molecule has 3 atom stereocenters. The topological polar surface area (TPSA) is 106 Å². The van der Waals surface area contributed by atoms with Crippen LogP contribution in [0.25, 0.3) is 5.41 Å². The van der Waals surface area contributed by atoms with Gasteiger partial charge in [-0.2, -0.15) is 15.1 Å². The Labute approximate surface area is 179 Å². The number of allylic oxidation sites excluding steroid dienone is 2. The molecule has 0 unspecified atom stereocenters. The molecular formula is C23H18ClN5O. The summed E-state index contributed by atoms with van der Waals surface area (Å²) in [6, 6.07) is 16.2. The summed E-state index contributed by atoms with van der Waals surface area (Å²) in [5, 5.41) is 44.6. The predicted molar refractivity (Wildman–Crippen MR) is 111 cm³/mol. The molecule has 0 bridgehead atoms. The van der Waals surface area contributed by atoms with E-state index in [0.717, 1.165) is 18.4 Å². The van der Waals surface area contributed by atoms with Gasteiger partial charge in [-0.05, 0) is 30.5 Å². The van der Waals surface area contributed by atoms with Crippen molar-refractivity contribution in [2.24, 2.45) is 5.92 Å². The van der Waals surface area contributed by atoms with Gasteiger partial charge >= 0.3 is 0 Å². The summed E-state index contributed by atoms with van der Waals surface area (Å²) in [5.41, 5.74) is -0.552. The maximum absolute atomic E-state index is 11.9. The molecule has 1 aromatic carbocycles. The molecule has 1 aliphatic heterocycles. The van der Waals surface area contributed by atoms with Gasteiger partial charge in [0.25, 0.3) is 0 Å². The van der Waals surface area contributed by atoms with E-state index in [9.17, 15) is 21.0 Å². The average molecular weight is 416 g/mol. The van der Waals surface area contributed by atoms with Crippen LogP contribution in [0.4, 0.5) is 0 Å². The lowest BCUT2D eigenvalue weighted by Gasteiger charge is -2.43. The van der Waals surface area contributed by atoms with Crippen LogP contribution in [0.15, 0.2) is 71.7 Å². The number of hydrogen-bond donors (Lipinski definition) is 2. The molecule has 2 N–H and O–H groups in total. The summed E-state index contributed by atoms with van der Waals surface area (Å²) in [6.45, 7) is 0. The SMILES string of the molecule is N#CC(=C=[N-])C1=C(C#N)[C@@H](c2ccc(Cl)cc2)[C@@H]([n+]2ccccc2)[C@@](O)(C2CC2)N1. The van der Waals surface area contributed by atoms with E-state index in [4.69, 9.17) is 11.6 Å². The smallest absolute Gasteiger partial charge is 0.216 e. The molecule has 7 heteroatoms. The summed E-state index contributed by atoms with van der Waals surface area (Å²) < 4.78 is 1.89. The Hall–Kier alpha value is -3.41. The molecule has 2 aromatic rings. The minimum Gasteiger partial charge on any atom is -0.762 e. The van der Waals surface area contributed by atoms with Crippen LogP contribution in [0.5, 0.6) is 0 Å². The van der Waals surface area contributed by atoms with Crippen molar-refractivity contribution in [1.82, 2.24) is 5.32 Å². The average Bonchev–Trinajstić information content (AvgIpc) is 3.61. The second-order valence-electron chi connectivity index (χ2n) is 7.52. The number of nitriles is 2. The lowest BCUT2D eigenvalue weighted by Crippen LogP contribution is -2.66. The lowest BCUT2D eigenvalue weighted by atomic mass is 9.74. The second kappa shape index (κ2) is 7.78. The normalized spacial score (nSPS) is 25.5. The van der Waals surface area contributed by atoms with Gasteiger partial charge in [-0.25, -0.2) is 5.87 Å². The summed E-state index contributed by atoms with van der Waals surface area (Å²) >= 11 is 6.08. The molecule has 0 amide bonds. The Morgan fingerprint density at radius 1 is 1.17 bits per heavy atom. The Bertz CT molecular complexity index is 1130. The van der Waals surface area contributed by atoms with Crippen LogP contribution < -0.4 is 9.88 Å². The van der Waals surface area contributed by atoms with E-state index in [1.807, 2.05) is 59.2 Å². The zero-order valence-electron chi connectivity index (χ0n) is 16.0. The monoisotopic (exact) mass is 415 g/mol. The number of aromatic nitrogens is 1. The standard InChI is InChI=1S/C23H18ClN5O/c24-18-8-4-15(5-9-18)20-19(14-27)21(16(12-25)13-26)28-23(30,17-6-7-17)22(20)29-10-2-1-3-11-29/h1-5,8-11,17,20,22,28,30H,6-7H2/t20-,22-,23+/m1/s1. The van der Waals surface area contributed by atoms with Crippen LogP contribution in [0.2, 0.25) is 5.02 Å². The van der Waals surface area contributed by atoms with Gasteiger partial charge in [0.05, 0.1) is 28.8 Å². The first kappa shape index (κ1) is 19.9. The van der Waals surface area contributed by atoms with E-state index in [2.05, 4.69) is 11.4 Å². The number of nitrogens with one attached hydrogen (secondary N) is 1. The predicted octanol–water partition coefficient (Wildman–Crippen LogP) is 3.12. The van der Waals surface area contributed by atoms with Crippen molar-refractivity contribution in [3.05, 3.63) is 87.7 Å². The Morgan fingerprint density at radius 3 is 2.37 bits per heavy atom. The maximum atomic E-state index is 11.9. The van der Waals surface area contributed by atoms with Crippen LogP contribution in [-0.4, -0.2) is 16.7 Å². The Balaban J connectivity index is 2.03. The quantitative estimate of drug-likeness (QED) is 0.454. The van der Waals surface area contributed by atoms with Crippen molar-refractivity contribution in [1.29, 1.82) is 10.5 Å². The minimum absolute atomic E-state index is 0.0705. The largest absolute Gasteiger partial charge is 0.762 e. The first-order valence-electron chi connectivity index (χ1n) is 9.57. The summed E-state index contributed by atoms with van der Waals surface area (Å²) in [7, 11) is 0. The number of hydrogen-bond acceptors (Lipinski definition) is 4. The van der Waals surface area contributed by atoms with Crippen LogP contribution >= 0.6 is 11.6 Å². The fourth-order valence-electron chi connectivity index (χ4n) is 4.25. The van der Waals surface area contributed by atoms with Gasteiger partial charge < -0.3 is 15.8 Å². The second-order valence-corrected chi connectivity index (χ2v) is 7.96. The van der Waals surface area contributed by atoms with Crippen molar-refractivity contribution in [2.45, 2.75) is 30.5 Å². The summed E-state index contributed by atoms with van der Waals surface area (Å²) in [5.74, 6) is 1.21. The molecular weight excluding hydrogens is 398 g/mol. The van der Waals surface area contributed by atoms with E-state index < -0.39 is 17.7 Å². The number of rotatable bonds is 4. The van der Waals surface area contributed by atoms with Crippen molar-refractivity contribution < 1.29 is 9.67 Å². The van der Waals surface area contributed by atoms with Crippen LogP contribution in [0.1, 0.15) is 30.4 Å². The third-order valence-corrected chi connectivity index (χ3v) is 6.01. The van der Waals surface area contributed by atoms with Gasteiger partial charge in [0.15, 0.2) is 12.4 Å². The molecule has 2 heterocycles. The number of pyridine rings is 1. The third-order valence-electron chi connectivity index (χ3n) is 5.75. The fraction of sp³-hybridized carbons (Fsp3) is 0.261. The molecule has 30 heavy (non-hydrogen) atoms. The molecule has 1 saturated carbocycles. The molecule has 2 aliphatic rings. The highest BCUT2D eigenvalue weighted by Gasteiger charge is 2.61. The van der Waals surface area contributed by atoms with Crippen molar-refractivity contribution in [2.75, 3.05) is 0 Å². The van der Waals surface area contributed by atoms with E-state index in [0.29, 0.717) is 5.02 Å². The van der Waals surface area contributed by atoms with Gasteiger partial charge in [-0.15, -0.1) is 0 Å². The lowest BCUT2D eigenvalue weighted by molar-refractivity contribution is -0.742. The van der Waals surface area contributed by atoms with E-state index in [1.165, 1.54) is 0 Å². The van der Waals surface area contributed by atoms with E-state index in [1.54, 1.807) is 12.1 Å². The van der Waals surface area contributed by atoms with Crippen molar-refractivity contribution in [3.63, 3.8) is 0 Å². The maximum Gasteiger partial charge on any atom is 0.216 e. The first-order chi connectivity index (χ1) is 14.5. The van der Waals surface area contributed by atoms with Gasteiger partial charge in [0, 0.05) is 23.1 Å².